The van der Waals surface area contributed by atoms with Crippen LogP contribution in [0.4, 0.5) is 5.82 Å². The highest BCUT2D eigenvalue weighted by Gasteiger charge is 2.28. The molecule has 0 aliphatic carbocycles. The number of hydrogen-bond acceptors (Lipinski definition) is 6. The van der Waals surface area contributed by atoms with Gasteiger partial charge in [0.2, 0.25) is 5.91 Å². The first-order valence-corrected chi connectivity index (χ1v) is 11.1. The molecule has 0 unspecified atom stereocenters. The van der Waals surface area contributed by atoms with Crippen LogP contribution in [0.3, 0.4) is 0 Å². The second-order valence-corrected chi connectivity index (χ2v) is 9.83. The molecule has 3 aromatic heterocycles. The molecule has 0 radical (unpaired) electrons. The van der Waals surface area contributed by atoms with Gasteiger partial charge in [0, 0.05) is 17.5 Å². The summed E-state index contributed by atoms with van der Waals surface area (Å²) in [5.41, 5.74) is 14.8. The van der Waals surface area contributed by atoms with Crippen LogP contribution in [0.25, 0.3) is 33.3 Å². The molecule has 0 aliphatic rings. The van der Waals surface area contributed by atoms with Gasteiger partial charge >= 0.3 is 0 Å². The minimum Gasteiger partial charge on any atom is -0.383 e. The van der Waals surface area contributed by atoms with E-state index in [0.717, 1.165) is 29.6 Å². The molecule has 0 aliphatic heterocycles. The normalized spacial score (nSPS) is 12.3. The average Bonchev–Trinajstić information content (AvgIpc) is 3.24. The van der Waals surface area contributed by atoms with Crippen molar-refractivity contribution < 1.29 is 4.79 Å². The van der Waals surface area contributed by atoms with Crippen LogP contribution >= 0.6 is 11.6 Å². The predicted molar refractivity (Wildman–Crippen MR) is 132 cm³/mol. The maximum Gasteiger partial charge on any atom is 0.248 e. The van der Waals surface area contributed by atoms with Gasteiger partial charge in [-0.1, -0.05) is 17.7 Å². The average molecular weight is 469 g/mol. The molecule has 1 amide bonds. The van der Waals surface area contributed by atoms with Crippen molar-refractivity contribution in [3.63, 3.8) is 0 Å². The largest absolute Gasteiger partial charge is 0.383 e. The van der Waals surface area contributed by atoms with E-state index in [-0.39, 0.29) is 5.54 Å². The Bertz CT molecular complexity index is 1360. The Kier molecular flexibility index (Phi) is 5.79. The molecule has 0 saturated heterocycles. The fraction of sp³-hybridized carbons (Fsp3) is 0.391. The van der Waals surface area contributed by atoms with E-state index < -0.39 is 5.91 Å². The van der Waals surface area contributed by atoms with Gasteiger partial charge in [-0.3, -0.25) is 4.79 Å². The van der Waals surface area contributed by atoms with E-state index in [0.29, 0.717) is 39.7 Å². The van der Waals surface area contributed by atoms with E-state index in [1.54, 1.807) is 12.1 Å². The van der Waals surface area contributed by atoms with Crippen molar-refractivity contribution in [2.24, 2.45) is 5.73 Å². The molecule has 0 saturated carbocycles. The third-order valence-corrected chi connectivity index (χ3v) is 6.01. The molecule has 9 nitrogen and oxygen atoms in total. The molecule has 33 heavy (non-hydrogen) atoms. The molecule has 4 rings (SSSR count). The van der Waals surface area contributed by atoms with Crippen molar-refractivity contribution in [2.75, 3.05) is 26.4 Å². The quantitative estimate of drug-likeness (QED) is 0.446. The Hall–Kier alpha value is -3.17. The maximum absolute atomic E-state index is 11.9. The number of primary amides is 1. The van der Waals surface area contributed by atoms with Crippen LogP contribution in [0.5, 0.6) is 0 Å². The first-order chi connectivity index (χ1) is 15.5. The second-order valence-electron chi connectivity index (χ2n) is 9.46. The minimum absolute atomic E-state index is 0.337. The number of rotatable bonds is 6. The number of halogens is 1. The summed E-state index contributed by atoms with van der Waals surface area (Å²) in [6, 6.07) is 5.30. The van der Waals surface area contributed by atoms with E-state index in [1.165, 1.54) is 6.33 Å². The van der Waals surface area contributed by atoms with Crippen LogP contribution in [0, 0.1) is 0 Å². The highest BCUT2D eigenvalue weighted by atomic mass is 35.5. The van der Waals surface area contributed by atoms with E-state index in [4.69, 9.17) is 28.2 Å². The maximum atomic E-state index is 11.9. The van der Waals surface area contributed by atoms with Gasteiger partial charge in [0.1, 0.15) is 17.8 Å². The predicted octanol–water partition coefficient (Wildman–Crippen LogP) is 3.49. The topological polar surface area (TPSA) is 121 Å². The Morgan fingerprint density at radius 2 is 1.94 bits per heavy atom. The number of aryl methyl sites for hydroxylation is 1. The summed E-state index contributed by atoms with van der Waals surface area (Å²) in [5.74, 6) is -0.153. The molecular weight excluding hydrogens is 440 g/mol. The number of nitrogens with zero attached hydrogens (tertiary/aromatic N) is 6. The van der Waals surface area contributed by atoms with Gasteiger partial charge in [-0.2, -0.15) is 5.10 Å². The first kappa shape index (κ1) is 23.0. The molecule has 0 bridgehead atoms. The lowest BCUT2D eigenvalue weighted by Gasteiger charge is -2.19. The smallest absolute Gasteiger partial charge is 0.248 e. The van der Waals surface area contributed by atoms with Crippen LogP contribution in [0.2, 0.25) is 5.02 Å². The van der Waals surface area contributed by atoms with E-state index in [1.807, 2.05) is 24.8 Å². The number of benzene rings is 1. The van der Waals surface area contributed by atoms with Crippen molar-refractivity contribution in [1.82, 2.24) is 29.2 Å². The third-order valence-electron chi connectivity index (χ3n) is 5.63. The zero-order valence-corrected chi connectivity index (χ0v) is 20.3. The van der Waals surface area contributed by atoms with Gasteiger partial charge < -0.3 is 20.9 Å². The van der Waals surface area contributed by atoms with Crippen molar-refractivity contribution in [1.29, 1.82) is 0 Å². The summed E-state index contributed by atoms with van der Waals surface area (Å²) in [6.45, 7) is 7.70. The van der Waals surface area contributed by atoms with E-state index >= 15 is 0 Å². The SMILES string of the molecule is CN(C)CCCn1c(-c2nn(C(C)(C)C)c3ncnc(N)c23)c(Cl)c2ccc(C(N)=O)cc21. The van der Waals surface area contributed by atoms with Crippen LogP contribution in [0.1, 0.15) is 37.6 Å². The number of aromatic nitrogens is 5. The summed E-state index contributed by atoms with van der Waals surface area (Å²) in [5, 5.41) is 6.94. The number of anilines is 1. The molecule has 1 aromatic carbocycles. The Morgan fingerprint density at radius 1 is 1.21 bits per heavy atom. The van der Waals surface area contributed by atoms with Gasteiger partial charge in [0.25, 0.3) is 0 Å². The van der Waals surface area contributed by atoms with Crippen LogP contribution in [-0.2, 0) is 12.1 Å². The third kappa shape index (κ3) is 4.02. The Labute approximate surface area is 197 Å². The molecule has 0 spiro atoms. The monoisotopic (exact) mass is 468 g/mol. The number of fused-ring (bicyclic) bond motifs is 2. The molecular formula is C23H29ClN8O. The second kappa shape index (κ2) is 8.31. The lowest BCUT2D eigenvalue weighted by Crippen LogP contribution is -2.23. The molecule has 0 fully saturated rings. The molecule has 10 heteroatoms. The molecule has 3 heterocycles. The molecule has 174 valence electrons. The molecule has 4 N–H and O–H groups in total. The van der Waals surface area contributed by atoms with Gasteiger partial charge in [-0.25, -0.2) is 14.6 Å². The number of nitrogens with two attached hydrogens (primary N) is 2. The van der Waals surface area contributed by atoms with Crippen LogP contribution in [0.15, 0.2) is 24.5 Å². The number of amides is 1. The van der Waals surface area contributed by atoms with E-state index in [9.17, 15) is 4.79 Å². The summed E-state index contributed by atoms with van der Waals surface area (Å²) < 4.78 is 3.94. The fourth-order valence-electron chi connectivity index (χ4n) is 4.08. The molecule has 0 atom stereocenters. The number of carbonyl (C=O) groups is 1. The van der Waals surface area contributed by atoms with Gasteiger partial charge in [-0.15, -0.1) is 0 Å². The summed E-state index contributed by atoms with van der Waals surface area (Å²) in [6.07, 6.45) is 2.31. The van der Waals surface area contributed by atoms with Crippen molar-refractivity contribution >= 4 is 45.3 Å². The Balaban J connectivity index is 2.06. The van der Waals surface area contributed by atoms with E-state index in [2.05, 4.69) is 40.2 Å². The van der Waals surface area contributed by atoms with Gasteiger partial charge in [0.05, 0.1) is 27.2 Å². The lowest BCUT2D eigenvalue weighted by atomic mass is 10.1. The number of nitrogen functional groups attached to an aromatic ring is 1. The number of hydrogen-bond donors (Lipinski definition) is 2. The number of carbonyl (C=O) groups excluding carboxylic acids is 1. The fourth-order valence-corrected chi connectivity index (χ4v) is 4.43. The zero-order valence-electron chi connectivity index (χ0n) is 19.6. The standard InChI is InChI=1S/C23H29ClN8O/c1-23(2,3)32-22-16(20(25)27-12-28-22)18(29-32)19-17(24)14-8-7-13(21(26)33)11-15(14)31(19)10-6-9-30(4)5/h7-8,11-12H,6,9-10H2,1-5H3,(H2,26,33)(H2,25,27,28). The van der Waals surface area contributed by atoms with Crippen molar-refractivity contribution in [3.05, 3.63) is 35.1 Å². The van der Waals surface area contributed by atoms with Crippen LogP contribution in [-0.4, -0.2) is 55.8 Å². The first-order valence-electron chi connectivity index (χ1n) is 10.8. The van der Waals surface area contributed by atoms with Gasteiger partial charge in [-0.05, 0) is 60.0 Å². The highest BCUT2D eigenvalue weighted by molar-refractivity contribution is 6.39. The highest BCUT2D eigenvalue weighted by Crippen LogP contribution is 2.42. The zero-order chi connectivity index (χ0) is 24.1. The minimum atomic E-state index is -0.490. The van der Waals surface area contributed by atoms with Crippen molar-refractivity contribution in [2.45, 2.75) is 39.3 Å². The summed E-state index contributed by atoms with van der Waals surface area (Å²) in [7, 11) is 4.06. The van der Waals surface area contributed by atoms with Crippen molar-refractivity contribution in [3.8, 4) is 11.4 Å². The summed E-state index contributed by atoms with van der Waals surface area (Å²) >= 11 is 6.97. The summed E-state index contributed by atoms with van der Waals surface area (Å²) in [4.78, 5) is 22.7. The lowest BCUT2D eigenvalue weighted by molar-refractivity contribution is 0.100. The molecule has 4 aromatic rings. The van der Waals surface area contributed by atoms with Gasteiger partial charge in [0.15, 0.2) is 5.65 Å². The van der Waals surface area contributed by atoms with Crippen LogP contribution < -0.4 is 11.5 Å². The Morgan fingerprint density at radius 3 is 2.58 bits per heavy atom.